The summed E-state index contributed by atoms with van der Waals surface area (Å²) in [6.07, 6.45) is 1.47. The summed E-state index contributed by atoms with van der Waals surface area (Å²) in [7, 11) is 0. The number of aromatic nitrogens is 3. The first-order valence-corrected chi connectivity index (χ1v) is 7.08. The van der Waals surface area contributed by atoms with Crippen LogP contribution in [0.4, 0.5) is 5.95 Å². The van der Waals surface area contributed by atoms with E-state index in [2.05, 4.69) is 25.7 Å². The second-order valence-corrected chi connectivity index (χ2v) is 5.10. The van der Waals surface area contributed by atoms with Crippen molar-refractivity contribution < 1.29 is 4.42 Å². The molecule has 3 rings (SSSR count). The first-order valence-electron chi connectivity index (χ1n) is 6.70. The van der Waals surface area contributed by atoms with Crippen molar-refractivity contribution in [2.24, 2.45) is 5.10 Å². The minimum absolute atomic E-state index is 0.154. The number of hydrogen-bond donors (Lipinski definition) is 2. The fourth-order valence-corrected chi connectivity index (χ4v) is 1.92. The zero-order valence-corrected chi connectivity index (χ0v) is 12.8. The summed E-state index contributed by atoms with van der Waals surface area (Å²) in [6, 6.07) is 10.9. The maximum absolute atomic E-state index is 11.4. The molecule has 0 saturated heterocycles. The molecule has 0 unspecified atom stereocenters. The minimum Gasteiger partial charge on any atom is -0.455 e. The second-order valence-electron chi connectivity index (χ2n) is 4.67. The maximum Gasteiger partial charge on any atom is 0.274 e. The van der Waals surface area contributed by atoms with Crippen LogP contribution in [0.1, 0.15) is 11.5 Å². The number of hydrazone groups is 1. The highest BCUT2D eigenvalue weighted by molar-refractivity contribution is 6.30. The number of anilines is 1. The van der Waals surface area contributed by atoms with Crippen molar-refractivity contribution in [1.82, 2.24) is 15.2 Å². The maximum atomic E-state index is 11.4. The van der Waals surface area contributed by atoms with E-state index in [0.717, 1.165) is 5.56 Å². The van der Waals surface area contributed by atoms with Crippen molar-refractivity contribution in [1.29, 1.82) is 0 Å². The molecule has 23 heavy (non-hydrogen) atoms. The van der Waals surface area contributed by atoms with E-state index in [1.807, 2.05) is 18.2 Å². The first-order chi connectivity index (χ1) is 11.1. The van der Waals surface area contributed by atoms with Gasteiger partial charge in [-0.15, -0.1) is 10.2 Å². The van der Waals surface area contributed by atoms with Gasteiger partial charge in [0.2, 0.25) is 5.95 Å². The van der Waals surface area contributed by atoms with Crippen LogP contribution in [0.15, 0.2) is 50.7 Å². The number of halogens is 1. The number of nitrogens with one attached hydrogen (secondary N) is 2. The third-order valence-electron chi connectivity index (χ3n) is 2.98. The molecule has 116 valence electrons. The lowest BCUT2D eigenvalue weighted by Gasteiger charge is -1.97. The smallest absolute Gasteiger partial charge is 0.274 e. The molecule has 0 atom stereocenters. The predicted octanol–water partition coefficient (Wildman–Crippen LogP) is 2.83. The van der Waals surface area contributed by atoms with Crippen LogP contribution in [0, 0.1) is 6.92 Å². The number of aryl methyl sites for hydroxylation is 1. The van der Waals surface area contributed by atoms with Crippen molar-refractivity contribution in [3.63, 3.8) is 0 Å². The molecular formula is C15H12ClN5O2. The predicted molar refractivity (Wildman–Crippen MR) is 87.8 cm³/mol. The van der Waals surface area contributed by atoms with Crippen LogP contribution >= 0.6 is 11.6 Å². The second kappa shape index (κ2) is 6.45. The van der Waals surface area contributed by atoms with Gasteiger partial charge >= 0.3 is 0 Å². The number of rotatable bonds is 4. The topological polar surface area (TPSA) is 96.2 Å². The Balaban J connectivity index is 1.69. The average molecular weight is 330 g/mol. The summed E-state index contributed by atoms with van der Waals surface area (Å²) >= 11 is 5.86. The van der Waals surface area contributed by atoms with Gasteiger partial charge in [0.05, 0.1) is 6.21 Å². The van der Waals surface area contributed by atoms with Gasteiger partial charge in [0.1, 0.15) is 17.2 Å². The van der Waals surface area contributed by atoms with Crippen molar-refractivity contribution in [3.8, 4) is 11.3 Å². The largest absolute Gasteiger partial charge is 0.455 e. The molecule has 0 saturated carbocycles. The highest BCUT2D eigenvalue weighted by atomic mass is 35.5. The molecule has 2 aromatic heterocycles. The van der Waals surface area contributed by atoms with Gasteiger partial charge < -0.3 is 4.42 Å². The fraction of sp³-hybridized carbons (Fsp3) is 0.0667. The van der Waals surface area contributed by atoms with E-state index < -0.39 is 0 Å². The third-order valence-corrected chi connectivity index (χ3v) is 3.23. The van der Waals surface area contributed by atoms with Crippen LogP contribution in [0.3, 0.4) is 0 Å². The Kier molecular flexibility index (Phi) is 4.20. The molecule has 0 fully saturated rings. The first kappa shape index (κ1) is 15.0. The van der Waals surface area contributed by atoms with Gasteiger partial charge in [0, 0.05) is 10.6 Å². The Morgan fingerprint density at radius 1 is 1.22 bits per heavy atom. The van der Waals surface area contributed by atoms with E-state index in [9.17, 15) is 4.79 Å². The molecule has 0 radical (unpaired) electrons. The fourth-order valence-electron chi connectivity index (χ4n) is 1.79. The van der Waals surface area contributed by atoms with Gasteiger partial charge in [-0.25, -0.2) is 5.43 Å². The number of H-pyrrole nitrogens is 1. The lowest BCUT2D eigenvalue weighted by atomic mass is 10.2. The quantitative estimate of drug-likeness (QED) is 0.566. The molecule has 0 bridgehead atoms. The number of furan rings is 1. The van der Waals surface area contributed by atoms with Crippen molar-refractivity contribution >= 4 is 23.8 Å². The molecule has 0 amide bonds. The van der Waals surface area contributed by atoms with Crippen LogP contribution in [0.25, 0.3) is 11.3 Å². The van der Waals surface area contributed by atoms with Crippen LogP contribution in [-0.4, -0.2) is 21.4 Å². The molecule has 0 aliphatic rings. The summed E-state index contributed by atoms with van der Waals surface area (Å²) in [4.78, 5) is 13.9. The Hall–Kier alpha value is -2.93. The molecule has 8 heteroatoms. The van der Waals surface area contributed by atoms with Crippen molar-refractivity contribution in [2.75, 3.05) is 5.43 Å². The van der Waals surface area contributed by atoms with Crippen molar-refractivity contribution in [3.05, 3.63) is 63.2 Å². The van der Waals surface area contributed by atoms with Crippen LogP contribution in [-0.2, 0) is 0 Å². The van der Waals surface area contributed by atoms with Crippen LogP contribution in [0.5, 0.6) is 0 Å². The van der Waals surface area contributed by atoms with E-state index in [1.54, 1.807) is 25.1 Å². The Morgan fingerprint density at radius 2 is 2.00 bits per heavy atom. The highest BCUT2D eigenvalue weighted by Crippen LogP contribution is 2.23. The van der Waals surface area contributed by atoms with Gasteiger partial charge in [-0.3, -0.25) is 9.78 Å². The number of aromatic amines is 1. The van der Waals surface area contributed by atoms with Gasteiger partial charge in [0.15, 0.2) is 0 Å². The molecule has 2 heterocycles. The zero-order chi connectivity index (χ0) is 16.2. The summed E-state index contributed by atoms with van der Waals surface area (Å²) in [5.41, 5.74) is 3.46. The van der Waals surface area contributed by atoms with Crippen LogP contribution in [0.2, 0.25) is 5.02 Å². The van der Waals surface area contributed by atoms with Gasteiger partial charge in [-0.2, -0.15) is 5.10 Å². The Labute approximate surface area is 136 Å². The SMILES string of the molecule is Cc1nnc(NN=Cc2ccc(-c3ccc(Cl)cc3)o2)[nH]c1=O. The third kappa shape index (κ3) is 3.64. The molecular weight excluding hydrogens is 318 g/mol. The summed E-state index contributed by atoms with van der Waals surface area (Å²) in [6.45, 7) is 1.57. The molecule has 1 aromatic carbocycles. The summed E-state index contributed by atoms with van der Waals surface area (Å²) in [5.74, 6) is 1.40. The van der Waals surface area contributed by atoms with Gasteiger partial charge in [-0.05, 0) is 43.3 Å². The lowest BCUT2D eigenvalue weighted by Crippen LogP contribution is -2.15. The van der Waals surface area contributed by atoms with E-state index in [0.29, 0.717) is 16.5 Å². The van der Waals surface area contributed by atoms with Crippen molar-refractivity contribution in [2.45, 2.75) is 6.92 Å². The monoisotopic (exact) mass is 329 g/mol. The van der Waals surface area contributed by atoms with E-state index in [4.69, 9.17) is 16.0 Å². The summed E-state index contributed by atoms with van der Waals surface area (Å²) < 4.78 is 5.65. The van der Waals surface area contributed by atoms with E-state index in [1.165, 1.54) is 6.21 Å². The number of nitrogens with zero attached hydrogens (tertiary/aromatic N) is 3. The molecule has 0 aliphatic heterocycles. The lowest BCUT2D eigenvalue weighted by molar-refractivity contribution is 0.575. The number of hydrogen-bond acceptors (Lipinski definition) is 6. The van der Waals surface area contributed by atoms with E-state index >= 15 is 0 Å². The average Bonchev–Trinajstić information content (AvgIpc) is 3.00. The minimum atomic E-state index is -0.319. The van der Waals surface area contributed by atoms with Crippen LogP contribution < -0.4 is 11.0 Å². The highest BCUT2D eigenvalue weighted by Gasteiger charge is 2.03. The summed E-state index contributed by atoms with van der Waals surface area (Å²) in [5, 5.41) is 12.1. The Bertz CT molecular complexity index is 899. The molecule has 3 aromatic rings. The van der Waals surface area contributed by atoms with Gasteiger partial charge in [0.25, 0.3) is 5.56 Å². The Morgan fingerprint density at radius 3 is 2.74 bits per heavy atom. The molecule has 2 N–H and O–H groups in total. The molecule has 0 spiro atoms. The molecule has 7 nitrogen and oxygen atoms in total. The van der Waals surface area contributed by atoms with Gasteiger partial charge in [-0.1, -0.05) is 11.6 Å². The number of benzene rings is 1. The normalized spacial score (nSPS) is 11.0. The standard InChI is InChI=1S/C15H12ClN5O2/c1-9-14(22)18-15(21-19-9)20-17-8-12-6-7-13(23-12)10-2-4-11(16)5-3-10/h2-8H,1H3,(H2,18,20,21,22). The zero-order valence-electron chi connectivity index (χ0n) is 12.1. The molecule has 0 aliphatic carbocycles. The van der Waals surface area contributed by atoms with E-state index in [-0.39, 0.29) is 17.2 Å².